The van der Waals surface area contributed by atoms with Crippen LogP contribution in [0.4, 0.5) is 0 Å². The molecule has 0 radical (unpaired) electrons. The Kier molecular flexibility index (Phi) is 1.09. The van der Waals surface area contributed by atoms with E-state index in [1.807, 2.05) is 18.5 Å². The summed E-state index contributed by atoms with van der Waals surface area (Å²) < 4.78 is 0. The fourth-order valence-electron chi connectivity index (χ4n) is 1.10. The predicted octanol–water partition coefficient (Wildman–Crippen LogP) is 0.977. The maximum Gasteiger partial charge on any atom is 0.133 e. The lowest BCUT2D eigenvalue weighted by atomic mass is 9.88. The second-order valence-electron chi connectivity index (χ2n) is 2.61. The highest BCUT2D eigenvalue weighted by Gasteiger charge is 2.31. The van der Waals surface area contributed by atoms with Crippen molar-refractivity contribution in [3.8, 4) is 0 Å². The first-order valence-corrected chi connectivity index (χ1v) is 3.27. The standard InChI is InChI=1S/C7H8N2O/c1-2-7(4-8-3-1)5-9-10-6-7/h1,3-5H,2,6H2. The van der Waals surface area contributed by atoms with E-state index in [-0.39, 0.29) is 5.41 Å². The summed E-state index contributed by atoms with van der Waals surface area (Å²) in [6, 6.07) is 0. The van der Waals surface area contributed by atoms with E-state index in [4.69, 9.17) is 4.84 Å². The molecule has 1 atom stereocenters. The van der Waals surface area contributed by atoms with Crippen LogP contribution in [0.2, 0.25) is 0 Å². The summed E-state index contributed by atoms with van der Waals surface area (Å²) in [4.78, 5) is 8.92. The lowest BCUT2D eigenvalue weighted by Gasteiger charge is -2.17. The third-order valence-corrected chi connectivity index (χ3v) is 1.74. The smallest absolute Gasteiger partial charge is 0.133 e. The van der Waals surface area contributed by atoms with Gasteiger partial charge in [-0.05, 0) is 6.42 Å². The zero-order valence-electron chi connectivity index (χ0n) is 5.53. The minimum Gasteiger partial charge on any atom is -0.395 e. The molecule has 0 aromatic rings. The summed E-state index contributed by atoms with van der Waals surface area (Å²) >= 11 is 0. The van der Waals surface area contributed by atoms with Crippen molar-refractivity contribution in [3.05, 3.63) is 12.3 Å². The number of hydrogen-bond donors (Lipinski definition) is 0. The van der Waals surface area contributed by atoms with Crippen molar-refractivity contribution in [1.29, 1.82) is 0 Å². The zero-order valence-corrected chi connectivity index (χ0v) is 5.53. The predicted molar refractivity (Wildman–Crippen MR) is 39.1 cm³/mol. The van der Waals surface area contributed by atoms with Gasteiger partial charge in [-0.25, -0.2) is 0 Å². The first kappa shape index (κ1) is 5.65. The summed E-state index contributed by atoms with van der Waals surface area (Å²) in [7, 11) is 0. The van der Waals surface area contributed by atoms with Gasteiger partial charge in [0, 0.05) is 12.4 Å². The number of oxime groups is 1. The molecule has 0 saturated heterocycles. The molecule has 0 aromatic carbocycles. The van der Waals surface area contributed by atoms with Crippen molar-refractivity contribution in [3.63, 3.8) is 0 Å². The molecule has 2 heterocycles. The second kappa shape index (κ2) is 1.94. The van der Waals surface area contributed by atoms with E-state index in [0.29, 0.717) is 6.61 Å². The average molecular weight is 136 g/mol. The third-order valence-electron chi connectivity index (χ3n) is 1.74. The second-order valence-corrected chi connectivity index (χ2v) is 2.61. The molecule has 0 aromatic heterocycles. The highest BCUT2D eigenvalue weighted by atomic mass is 16.6. The minimum atomic E-state index is -0.0191. The van der Waals surface area contributed by atoms with Crippen LogP contribution >= 0.6 is 0 Å². The molecule has 0 saturated carbocycles. The van der Waals surface area contributed by atoms with Gasteiger partial charge < -0.3 is 4.84 Å². The van der Waals surface area contributed by atoms with E-state index in [9.17, 15) is 0 Å². The summed E-state index contributed by atoms with van der Waals surface area (Å²) in [6.07, 6.45) is 8.50. The lowest BCUT2D eigenvalue weighted by molar-refractivity contribution is 0.143. The molecule has 10 heavy (non-hydrogen) atoms. The van der Waals surface area contributed by atoms with Crippen LogP contribution in [-0.4, -0.2) is 19.0 Å². The normalized spacial score (nSPS) is 35.2. The maximum absolute atomic E-state index is 4.88. The topological polar surface area (TPSA) is 34.0 Å². The van der Waals surface area contributed by atoms with Crippen molar-refractivity contribution in [1.82, 2.24) is 0 Å². The Balaban J connectivity index is 2.23. The molecule has 2 aliphatic heterocycles. The first-order chi connectivity index (χ1) is 4.91. The Labute approximate surface area is 59.1 Å². The van der Waals surface area contributed by atoms with Crippen molar-refractivity contribution in [2.45, 2.75) is 6.42 Å². The monoisotopic (exact) mass is 136 g/mol. The van der Waals surface area contributed by atoms with Gasteiger partial charge in [0.25, 0.3) is 0 Å². The van der Waals surface area contributed by atoms with E-state index in [1.165, 1.54) is 0 Å². The van der Waals surface area contributed by atoms with Gasteiger partial charge in [0.05, 0.1) is 11.6 Å². The number of nitrogens with zero attached hydrogens (tertiary/aromatic N) is 2. The molecule has 0 fully saturated rings. The van der Waals surface area contributed by atoms with E-state index in [0.717, 1.165) is 6.42 Å². The molecule has 0 bridgehead atoms. The molecule has 1 unspecified atom stereocenters. The Hall–Kier alpha value is -1.12. The molecule has 52 valence electrons. The van der Waals surface area contributed by atoms with E-state index < -0.39 is 0 Å². The van der Waals surface area contributed by atoms with Crippen molar-refractivity contribution < 1.29 is 4.84 Å². The quantitative estimate of drug-likeness (QED) is 0.488. The number of aliphatic imine (C=N–C) groups is 1. The number of rotatable bonds is 0. The van der Waals surface area contributed by atoms with Gasteiger partial charge in [0.1, 0.15) is 6.61 Å². The molecule has 1 spiro atoms. The molecule has 2 aliphatic rings. The van der Waals surface area contributed by atoms with E-state index >= 15 is 0 Å². The summed E-state index contributed by atoms with van der Waals surface area (Å²) in [5.41, 5.74) is -0.0191. The SMILES string of the molecule is C1=CN=CC2(C=NOC2)C1. The van der Waals surface area contributed by atoms with Gasteiger partial charge in [-0.3, -0.25) is 4.99 Å². The summed E-state index contributed by atoms with van der Waals surface area (Å²) in [6.45, 7) is 0.640. The van der Waals surface area contributed by atoms with Crippen LogP contribution in [0.25, 0.3) is 0 Å². The minimum absolute atomic E-state index is 0.0191. The van der Waals surface area contributed by atoms with Crippen LogP contribution in [0.5, 0.6) is 0 Å². The van der Waals surface area contributed by atoms with Crippen LogP contribution in [0.3, 0.4) is 0 Å². The number of hydrogen-bond acceptors (Lipinski definition) is 3. The van der Waals surface area contributed by atoms with Gasteiger partial charge in [0.2, 0.25) is 0 Å². The van der Waals surface area contributed by atoms with E-state index in [1.54, 1.807) is 6.20 Å². The highest BCUT2D eigenvalue weighted by Crippen LogP contribution is 2.25. The van der Waals surface area contributed by atoms with E-state index in [2.05, 4.69) is 10.1 Å². The summed E-state index contributed by atoms with van der Waals surface area (Å²) in [5, 5.41) is 3.71. The average Bonchev–Trinajstić information content (AvgIpc) is 2.39. The van der Waals surface area contributed by atoms with Crippen LogP contribution < -0.4 is 0 Å². The lowest BCUT2D eigenvalue weighted by Crippen LogP contribution is -2.26. The molecular formula is C7H8N2O. The molecule has 3 heteroatoms. The fraction of sp³-hybridized carbons (Fsp3) is 0.429. The van der Waals surface area contributed by atoms with Gasteiger partial charge in [0.15, 0.2) is 0 Å². The Morgan fingerprint density at radius 3 is 3.00 bits per heavy atom. The molecule has 0 amide bonds. The Morgan fingerprint density at radius 2 is 2.40 bits per heavy atom. The van der Waals surface area contributed by atoms with Crippen LogP contribution in [0.15, 0.2) is 22.4 Å². The maximum atomic E-state index is 4.88. The molecular weight excluding hydrogens is 128 g/mol. The van der Waals surface area contributed by atoms with Crippen molar-refractivity contribution in [2.75, 3.05) is 6.61 Å². The van der Waals surface area contributed by atoms with Crippen molar-refractivity contribution in [2.24, 2.45) is 15.6 Å². The first-order valence-electron chi connectivity index (χ1n) is 3.27. The van der Waals surface area contributed by atoms with Crippen LogP contribution in [0.1, 0.15) is 6.42 Å². The zero-order chi connectivity index (χ0) is 6.86. The molecule has 0 aliphatic carbocycles. The Bertz CT molecular complexity index is 220. The highest BCUT2D eigenvalue weighted by molar-refractivity contribution is 5.91. The Morgan fingerprint density at radius 1 is 1.40 bits per heavy atom. The largest absolute Gasteiger partial charge is 0.395 e. The van der Waals surface area contributed by atoms with Gasteiger partial charge in [-0.2, -0.15) is 0 Å². The van der Waals surface area contributed by atoms with Crippen LogP contribution in [0, 0.1) is 5.41 Å². The molecule has 0 N–H and O–H groups in total. The molecule has 2 rings (SSSR count). The van der Waals surface area contributed by atoms with Crippen LogP contribution in [-0.2, 0) is 4.84 Å². The van der Waals surface area contributed by atoms with Gasteiger partial charge in [-0.15, -0.1) is 0 Å². The molecule has 3 nitrogen and oxygen atoms in total. The van der Waals surface area contributed by atoms with Gasteiger partial charge in [-0.1, -0.05) is 11.2 Å². The van der Waals surface area contributed by atoms with Gasteiger partial charge >= 0.3 is 0 Å². The third kappa shape index (κ3) is 0.744. The fourth-order valence-corrected chi connectivity index (χ4v) is 1.10. The summed E-state index contributed by atoms with van der Waals surface area (Å²) in [5.74, 6) is 0. The number of allylic oxidation sites excluding steroid dienone is 1. The van der Waals surface area contributed by atoms with Crippen molar-refractivity contribution >= 4 is 12.4 Å².